The number of nitrogens with zero attached hydrogens (tertiary/aromatic N) is 3. The van der Waals surface area contributed by atoms with Crippen LogP contribution in [0.1, 0.15) is 29.2 Å². The summed E-state index contributed by atoms with van der Waals surface area (Å²) in [4.78, 5) is 20.4. The molecule has 1 fully saturated rings. The number of piperazine rings is 1. The number of H-pyrrole nitrogens is 1. The Labute approximate surface area is 195 Å². The lowest BCUT2D eigenvalue weighted by Crippen LogP contribution is -2.48. The van der Waals surface area contributed by atoms with Crippen molar-refractivity contribution in [1.29, 1.82) is 0 Å². The minimum absolute atomic E-state index is 0.00943. The quantitative estimate of drug-likeness (QED) is 0.462. The lowest BCUT2D eigenvalue weighted by atomic mass is 9.95. The van der Waals surface area contributed by atoms with Gasteiger partial charge in [-0.1, -0.05) is 72.3 Å². The van der Waals surface area contributed by atoms with Crippen molar-refractivity contribution in [2.24, 2.45) is 0 Å². The SMILES string of the molecule is Cc1ccc(C(c2ccccc2)N2CCN(CCCn3c(=O)[nH]c4ccccc43)CC2)cc1. The molecule has 4 aromatic rings. The van der Waals surface area contributed by atoms with Gasteiger partial charge in [0.05, 0.1) is 17.1 Å². The summed E-state index contributed by atoms with van der Waals surface area (Å²) in [6, 6.07) is 28.1. The number of hydrogen-bond donors (Lipinski definition) is 1. The number of aromatic nitrogens is 2. The number of benzene rings is 3. The van der Waals surface area contributed by atoms with E-state index < -0.39 is 0 Å². The maximum Gasteiger partial charge on any atom is 0.326 e. The van der Waals surface area contributed by atoms with E-state index in [4.69, 9.17) is 0 Å². The molecule has 0 bridgehead atoms. The molecule has 2 heterocycles. The van der Waals surface area contributed by atoms with E-state index in [-0.39, 0.29) is 5.69 Å². The minimum Gasteiger partial charge on any atom is -0.306 e. The molecule has 0 saturated carbocycles. The summed E-state index contributed by atoms with van der Waals surface area (Å²) in [5, 5.41) is 0. The third-order valence-corrected chi connectivity index (χ3v) is 6.82. The molecule has 1 aromatic heterocycles. The highest BCUT2D eigenvalue weighted by Gasteiger charge is 2.26. The van der Waals surface area contributed by atoms with E-state index >= 15 is 0 Å². The van der Waals surface area contributed by atoms with Gasteiger partial charge in [-0.25, -0.2) is 4.79 Å². The van der Waals surface area contributed by atoms with Gasteiger partial charge in [0, 0.05) is 32.7 Å². The van der Waals surface area contributed by atoms with Gasteiger partial charge in [0.25, 0.3) is 0 Å². The molecule has 1 saturated heterocycles. The summed E-state index contributed by atoms with van der Waals surface area (Å²) in [7, 11) is 0. The first-order chi connectivity index (χ1) is 16.2. The highest BCUT2D eigenvalue weighted by molar-refractivity contribution is 5.74. The Morgan fingerprint density at radius 2 is 1.45 bits per heavy atom. The molecule has 0 aliphatic carbocycles. The maximum absolute atomic E-state index is 12.3. The van der Waals surface area contributed by atoms with Gasteiger partial charge in [-0.05, 0) is 43.1 Å². The normalized spacial score (nSPS) is 16.3. The van der Waals surface area contributed by atoms with Crippen LogP contribution in [0.4, 0.5) is 0 Å². The second-order valence-corrected chi connectivity index (χ2v) is 9.05. The van der Waals surface area contributed by atoms with Crippen molar-refractivity contribution in [3.8, 4) is 0 Å². The molecule has 0 amide bonds. The van der Waals surface area contributed by atoms with Crippen LogP contribution in [0.3, 0.4) is 0 Å². The van der Waals surface area contributed by atoms with Crippen LogP contribution in [-0.2, 0) is 6.54 Å². The van der Waals surface area contributed by atoms with Crippen LogP contribution in [-0.4, -0.2) is 52.1 Å². The van der Waals surface area contributed by atoms with E-state index in [1.165, 1.54) is 16.7 Å². The second kappa shape index (κ2) is 9.77. The van der Waals surface area contributed by atoms with Crippen molar-refractivity contribution in [3.63, 3.8) is 0 Å². The average molecular weight is 441 g/mol. The largest absolute Gasteiger partial charge is 0.326 e. The zero-order valence-corrected chi connectivity index (χ0v) is 19.3. The second-order valence-electron chi connectivity index (χ2n) is 9.05. The molecule has 1 unspecified atom stereocenters. The fourth-order valence-corrected chi connectivity index (χ4v) is 5.02. The third-order valence-electron chi connectivity index (χ3n) is 6.82. The molecule has 1 aliphatic heterocycles. The monoisotopic (exact) mass is 440 g/mol. The van der Waals surface area contributed by atoms with Crippen molar-refractivity contribution in [3.05, 3.63) is 106 Å². The smallest absolute Gasteiger partial charge is 0.306 e. The first-order valence-corrected chi connectivity index (χ1v) is 11.9. The summed E-state index contributed by atoms with van der Waals surface area (Å²) < 4.78 is 1.87. The molecule has 5 heteroatoms. The molecule has 0 radical (unpaired) electrons. The molecule has 33 heavy (non-hydrogen) atoms. The van der Waals surface area contributed by atoms with Gasteiger partial charge < -0.3 is 9.88 Å². The number of para-hydroxylation sites is 2. The van der Waals surface area contributed by atoms with Crippen LogP contribution in [0.25, 0.3) is 11.0 Å². The van der Waals surface area contributed by atoms with Crippen molar-refractivity contribution in [2.75, 3.05) is 32.7 Å². The number of hydrogen-bond acceptors (Lipinski definition) is 3. The maximum atomic E-state index is 12.3. The summed E-state index contributed by atoms with van der Waals surface area (Å²) >= 11 is 0. The van der Waals surface area contributed by atoms with Gasteiger partial charge in [-0.2, -0.15) is 0 Å². The number of aromatic amines is 1. The molecule has 0 spiro atoms. The van der Waals surface area contributed by atoms with Crippen LogP contribution < -0.4 is 5.69 Å². The summed E-state index contributed by atoms with van der Waals surface area (Å²) in [5.74, 6) is 0. The van der Waals surface area contributed by atoms with Crippen LogP contribution in [0.15, 0.2) is 83.7 Å². The van der Waals surface area contributed by atoms with Crippen LogP contribution in [0.5, 0.6) is 0 Å². The van der Waals surface area contributed by atoms with Crippen molar-refractivity contribution >= 4 is 11.0 Å². The van der Waals surface area contributed by atoms with E-state index in [1.807, 2.05) is 28.8 Å². The number of fused-ring (bicyclic) bond motifs is 1. The first-order valence-electron chi connectivity index (χ1n) is 11.9. The molecule has 5 rings (SSSR count). The standard InChI is InChI=1S/C28H32N4O/c1-22-12-14-24(15-13-22)27(23-8-3-2-4-9-23)31-20-18-30(19-21-31)16-7-17-32-26-11-6-5-10-25(26)29-28(32)33/h2-6,8-15,27H,7,16-21H2,1H3,(H,29,33). The van der Waals surface area contributed by atoms with E-state index in [0.717, 1.165) is 56.7 Å². The average Bonchev–Trinajstić information content (AvgIpc) is 3.17. The first kappa shape index (κ1) is 21.7. The molecular formula is C28H32N4O. The van der Waals surface area contributed by atoms with Gasteiger partial charge in [0.1, 0.15) is 0 Å². The molecule has 1 N–H and O–H groups in total. The minimum atomic E-state index is -0.00943. The zero-order valence-electron chi connectivity index (χ0n) is 19.3. The highest BCUT2D eigenvalue weighted by Crippen LogP contribution is 2.29. The highest BCUT2D eigenvalue weighted by atomic mass is 16.1. The molecule has 170 valence electrons. The zero-order chi connectivity index (χ0) is 22.6. The lowest BCUT2D eigenvalue weighted by Gasteiger charge is -2.40. The van der Waals surface area contributed by atoms with Crippen LogP contribution in [0, 0.1) is 6.92 Å². The Morgan fingerprint density at radius 1 is 0.788 bits per heavy atom. The Balaban J connectivity index is 1.21. The fourth-order valence-electron chi connectivity index (χ4n) is 5.02. The van der Waals surface area contributed by atoms with Crippen LogP contribution in [0.2, 0.25) is 0 Å². The van der Waals surface area contributed by atoms with E-state index in [2.05, 4.69) is 76.3 Å². The van der Waals surface area contributed by atoms with Crippen molar-refractivity contribution in [2.45, 2.75) is 25.9 Å². The van der Waals surface area contributed by atoms with Gasteiger partial charge in [-0.15, -0.1) is 0 Å². The third kappa shape index (κ3) is 4.80. The molecule has 1 aliphatic rings. The van der Waals surface area contributed by atoms with Crippen molar-refractivity contribution in [1.82, 2.24) is 19.4 Å². The topological polar surface area (TPSA) is 44.3 Å². The Hall–Kier alpha value is -3.15. The van der Waals surface area contributed by atoms with E-state index in [0.29, 0.717) is 6.04 Å². The molecule has 3 aromatic carbocycles. The Kier molecular flexibility index (Phi) is 6.42. The Morgan fingerprint density at radius 3 is 2.21 bits per heavy atom. The van der Waals surface area contributed by atoms with Gasteiger partial charge in [0.2, 0.25) is 0 Å². The molecule has 5 nitrogen and oxygen atoms in total. The summed E-state index contributed by atoms with van der Waals surface area (Å²) in [6.45, 7) is 8.10. The number of nitrogens with one attached hydrogen (secondary N) is 1. The number of imidazole rings is 1. The Bertz CT molecular complexity index is 1230. The lowest BCUT2D eigenvalue weighted by molar-refractivity contribution is 0.108. The van der Waals surface area contributed by atoms with Gasteiger partial charge >= 0.3 is 5.69 Å². The predicted molar refractivity (Wildman–Crippen MR) is 135 cm³/mol. The number of rotatable bonds is 7. The summed E-state index contributed by atoms with van der Waals surface area (Å²) in [5.41, 5.74) is 5.91. The van der Waals surface area contributed by atoms with Gasteiger partial charge in [0.15, 0.2) is 0 Å². The molecule has 1 atom stereocenters. The van der Waals surface area contributed by atoms with Gasteiger partial charge in [-0.3, -0.25) is 9.47 Å². The van der Waals surface area contributed by atoms with Crippen molar-refractivity contribution < 1.29 is 0 Å². The fraction of sp³-hybridized carbons (Fsp3) is 0.321. The summed E-state index contributed by atoms with van der Waals surface area (Å²) in [6.07, 6.45) is 0.974. The van der Waals surface area contributed by atoms with E-state index in [9.17, 15) is 4.79 Å². The number of aryl methyl sites for hydroxylation is 2. The van der Waals surface area contributed by atoms with Crippen LogP contribution >= 0.6 is 0 Å². The van der Waals surface area contributed by atoms with E-state index in [1.54, 1.807) is 0 Å². The molecular weight excluding hydrogens is 408 g/mol. The predicted octanol–water partition coefficient (Wildman–Crippen LogP) is 4.44.